The van der Waals surface area contributed by atoms with Gasteiger partial charge in [0, 0.05) is 37.3 Å². The summed E-state index contributed by atoms with van der Waals surface area (Å²) in [7, 11) is 0. The zero-order chi connectivity index (χ0) is 17.3. The van der Waals surface area contributed by atoms with E-state index in [1.54, 1.807) is 13.0 Å². The zero-order valence-corrected chi connectivity index (χ0v) is 14.4. The number of nitrogens with one attached hydrogen (secondary N) is 1. The molecule has 128 valence electrons. The zero-order valence-electron chi connectivity index (χ0n) is 14.4. The summed E-state index contributed by atoms with van der Waals surface area (Å²) in [5.74, 6) is 0.660. The molecule has 0 aromatic carbocycles. The van der Waals surface area contributed by atoms with Crippen LogP contribution in [0.15, 0.2) is 16.9 Å². The normalized spacial score (nSPS) is 18.0. The van der Waals surface area contributed by atoms with Gasteiger partial charge in [-0.1, -0.05) is 0 Å². The van der Waals surface area contributed by atoms with E-state index in [9.17, 15) is 9.59 Å². The van der Waals surface area contributed by atoms with Crippen molar-refractivity contribution in [2.24, 2.45) is 0 Å². The van der Waals surface area contributed by atoms with Crippen LogP contribution in [0.5, 0.6) is 0 Å². The molecule has 1 atom stereocenters. The molecule has 7 nitrogen and oxygen atoms in total. The van der Waals surface area contributed by atoms with Gasteiger partial charge in [-0.05, 0) is 39.7 Å². The number of rotatable bonds is 3. The Morgan fingerprint density at radius 3 is 2.83 bits per heavy atom. The highest BCUT2D eigenvalue weighted by Crippen LogP contribution is 2.26. The summed E-state index contributed by atoms with van der Waals surface area (Å²) in [5, 5.41) is 4.38. The van der Waals surface area contributed by atoms with E-state index in [-0.39, 0.29) is 17.4 Å². The summed E-state index contributed by atoms with van der Waals surface area (Å²) in [5.41, 5.74) is 2.11. The summed E-state index contributed by atoms with van der Waals surface area (Å²) in [6.45, 7) is 7.78. The monoisotopic (exact) mass is 329 g/mol. The minimum Gasteiger partial charge on any atom is -0.337 e. The molecule has 0 aliphatic carbocycles. The number of nitrogens with zero attached hydrogens (tertiary/aromatic N) is 4. The topological polar surface area (TPSA) is 83.9 Å². The second-order valence-electron chi connectivity index (χ2n) is 6.33. The molecule has 2 aromatic heterocycles. The lowest BCUT2D eigenvalue weighted by Gasteiger charge is -2.32. The van der Waals surface area contributed by atoms with E-state index < -0.39 is 0 Å². The van der Waals surface area contributed by atoms with Gasteiger partial charge in [-0.15, -0.1) is 0 Å². The molecular weight excluding hydrogens is 306 g/mol. The van der Waals surface area contributed by atoms with Gasteiger partial charge in [0.2, 0.25) is 0 Å². The molecule has 24 heavy (non-hydrogen) atoms. The maximum atomic E-state index is 12.8. The third-order valence-corrected chi connectivity index (χ3v) is 4.51. The predicted molar refractivity (Wildman–Crippen MR) is 90.1 cm³/mol. The molecule has 3 rings (SSSR count). The van der Waals surface area contributed by atoms with Crippen molar-refractivity contribution in [2.75, 3.05) is 13.1 Å². The smallest absolute Gasteiger partial charge is 0.274 e. The van der Waals surface area contributed by atoms with Crippen LogP contribution >= 0.6 is 0 Å². The number of carbonyl (C=O) groups excluding carboxylic acids is 1. The van der Waals surface area contributed by atoms with E-state index >= 15 is 0 Å². The summed E-state index contributed by atoms with van der Waals surface area (Å²) in [6, 6.07) is 3.38. The van der Waals surface area contributed by atoms with Crippen molar-refractivity contribution in [3.8, 4) is 0 Å². The largest absolute Gasteiger partial charge is 0.337 e. The molecule has 1 unspecified atom stereocenters. The maximum absolute atomic E-state index is 12.8. The van der Waals surface area contributed by atoms with Gasteiger partial charge in [-0.2, -0.15) is 5.10 Å². The molecular formula is C17H23N5O2. The lowest BCUT2D eigenvalue weighted by Crippen LogP contribution is -2.39. The van der Waals surface area contributed by atoms with Crippen molar-refractivity contribution >= 4 is 5.91 Å². The minimum absolute atomic E-state index is 0.0448. The average molecular weight is 329 g/mol. The fourth-order valence-electron chi connectivity index (χ4n) is 3.31. The van der Waals surface area contributed by atoms with Gasteiger partial charge in [0.25, 0.3) is 11.5 Å². The number of aromatic amines is 1. The van der Waals surface area contributed by atoms with Crippen molar-refractivity contribution in [2.45, 2.75) is 46.1 Å². The van der Waals surface area contributed by atoms with Crippen molar-refractivity contribution in [3.05, 3.63) is 45.4 Å². The molecule has 0 radical (unpaired) electrons. The highest BCUT2D eigenvalue weighted by molar-refractivity contribution is 5.92. The van der Waals surface area contributed by atoms with E-state index in [0.717, 1.165) is 37.3 Å². The Morgan fingerprint density at radius 1 is 1.38 bits per heavy atom. The van der Waals surface area contributed by atoms with Gasteiger partial charge in [-0.25, -0.2) is 4.98 Å². The molecule has 1 aliphatic rings. The summed E-state index contributed by atoms with van der Waals surface area (Å²) < 4.78 is 1.83. The number of amides is 1. The summed E-state index contributed by atoms with van der Waals surface area (Å²) >= 11 is 0. The van der Waals surface area contributed by atoms with Crippen LogP contribution in [-0.2, 0) is 6.54 Å². The van der Waals surface area contributed by atoms with E-state index in [1.165, 1.54) is 0 Å². The first-order chi connectivity index (χ1) is 11.5. The van der Waals surface area contributed by atoms with Gasteiger partial charge < -0.3 is 9.88 Å². The average Bonchev–Trinajstić information content (AvgIpc) is 2.94. The number of carbonyl (C=O) groups is 1. The Labute approximate surface area is 140 Å². The molecule has 0 bridgehead atoms. The number of H-pyrrole nitrogens is 1. The predicted octanol–water partition coefficient (Wildman–Crippen LogP) is 1.62. The molecule has 2 aromatic rings. The Balaban J connectivity index is 1.79. The van der Waals surface area contributed by atoms with Crippen molar-refractivity contribution in [1.29, 1.82) is 0 Å². The van der Waals surface area contributed by atoms with Crippen LogP contribution in [0.1, 0.15) is 53.4 Å². The van der Waals surface area contributed by atoms with Gasteiger partial charge in [-0.3, -0.25) is 14.3 Å². The number of aromatic nitrogens is 4. The molecule has 1 saturated heterocycles. The van der Waals surface area contributed by atoms with Crippen LogP contribution in [-0.4, -0.2) is 43.6 Å². The van der Waals surface area contributed by atoms with Crippen LogP contribution in [0.2, 0.25) is 0 Å². The van der Waals surface area contributed by atoms with Crippen LogP contribution in [0.4, 0.5) is 0 Å². The molecule has 0 spiro atoms. The van der Waals surface area contributed by atoms with Crippen LogP contribution in [0, 0.1) is 13.8 Å². The van der Waals surface area contributed by atoms with Crippen LogP contribution in [0.25, 0.3) is 0 Å². The Kier molecular flexibility index (Phi) is 4.51. The van der Waals surface area contributed by atoms with Gasteiger partial charge in [0.1, 0.15) is 5.82 Å². The SMILES string of the molecule is CCn1nc(C(=O)N2CCCC(c3cc(=O)[nH]c(C)n3)C2)cc1C. The number of piperidine rings is 1. The van der Waals surface area contributed by atoms with Crippen LogP contribution < -0.4 is 5.56 Å². The Bertz CT molecular complexity index is 808. The molecule has 7 heteroatoms. The van der Waals surface area contributed by atoms with Gasteiger partial charge >= 0.3 is 0 Å². The fourth-order valence-corrected chi connectivity index (χ4v) is 3.31. The van der Waals surface area contributed by atoms with Gasteiger partial charge in [0.15, 0.2) is 5.69 Å². The highest BCUT2D eigenvalue weighted by atomic mass is 16.2. The Morgan fingerprint density at radius 2 is 2.17 bits per heavy atom. The molecule has 3 heterocycles. The number of aryl methyl sites for hydroxylation is 3. The van der Waals surface area contributed by atoms with Crippen molar-refractivity contribution < 1.29 is 4.79 Å². The number of hydrogen-bond donors (Lipinski definition) is 1. The van der Waals surface area contributed by atoms with Crippen molar-refractivity contribution in [3.63, 3.8) is 0 Å². The highest BCUT2D eigenvalue weighted by Gasteiger charge is 2.28. The molecule has 1 amide bonds. The minimum atomic E-state index is -0.140. The van der Waals surface area contributed by atoms with Gasteiger partial charge in [0.05, 0.1) is 5.69 Å². The lowest BCUT2D eigenvalue weighted by molar-refractivity contribution is 0.0699. The third-order valence-electron chi connectivity index (χ3n) is 4.51. The third kappa shape index (κ3) is 3.25. The molecule has 1 aliphatic heterocycles. The van der Waals surface area contributed by atoms with E-state index in [0.29, 0.717) is 18.1 Å². The Hall–Kier alpha value is -2.44. The van der Waals surface area contributed by atoms with E-state index in [2.05, 4.69) is 15.1 Å². The lowest BCUT2D eigenvalue weighted by atomic mass is 9.94. The molecule has 0 saturated carbocycles. The fraction of sp³-hybridized carbons (Fsp3) is 0.529. The summed E-state index contributed by atoms with van der Waals surface area (Å²) in [4.78, 5) is 33.4. The summed E-state index contributed by atoms with van der Waals surface area (Å²) in [6.07, 6.45) is 1.83. The number of hydrogen-bond acceptors (Lipinski definition) is 4. The first kappa shape index (κ1) is 16.4. The molecule has 1 N–H and O–H groups in total. The number of likely N-dealkylation sites (tertiary alicyclic amines) is 1. The first-order valence-corrected chi connectivity index (χ1v) is 8.39. The van der Waals surface area contributed by atoms with E-state index in [4.69, 9.17) is 0 Å². The maximum Gasteiger partial charge on any atom is 0.274 e. The molecule has 1 fully saturated rings. The quantitative estimate of drug-likeness (QED) is 0.927. The van der Waals surface area contributed by atoms with Crippen molar-refractivity contribution in [1.82, 2.24) is 24.6 Å². The van der Waals surface area contributed by atoms with Crippen LogP contribution in [0.3, 0.4) is 0 Å². The standard InChI is InChI=1S/C17H23N5O2/c1-4-22-11(2)8-15(20-22)17(24)21-7-5-6-13(10-21)14-9-16(23)19-12(3)18-14/h8-9,13H,4-7,10H2,1-3H3,(H,18,19,23). The van der Waals surface area contributed by atoms with E-state index in [1.807, 2.05) is 29.5 Å². The second-order valence-corrected chi connectivity index (χ2v) is 6.33. The first-order valence-electron chi connectivity index (χ1n) is 8.39. The second kappa shape index (κ2) is 6.59.